The third-order valence-corrected chi connectivity index (χ3v) is 5.86. The summed E-state index contributed by atoms with van der Waals surface area (Å²) in [5, 5.41) is 5.10. The smallest absolute Gasteiger partial charge is 0.238 e. The van der Waals surface area contributed by atoms with Crippen LogP contribution in [0.4, 0.5) is 0 Å². The van der Waals surface area contributed by atoms with Crippen LogP contribution in [0.25, 0.3) is 0 Å². The Kier molecular flexibility index (Phi) is 7.49. The fourth-order valence-electron chi connectivity index (χ4n) is 3.31. The molecule has 8 heteroatoms. The highest BCUT2D eigenvalue weighted by atomic mass is 32.2. The Morgan fingerprint density at radius 3 is 2.00 bits per heavy atom. The van der Waals surface area contributed by atoms with E-state index in [1.165, 1.54) is 17.7 Å². The zero-order valence-corrected chi connectivity index (χ0v) is 17.6. The van der Waals surface area contributed by atoms with E-state index in [1.54, 1.807) is 12.1 Å². The number of hydrogen-bond donors (Lipinski definition) is 1. The highest BCUT2D eigenvalue weighted by Crippen LogP contribution is 2.16. The average molecular weight is 420 g/mol. The predicted octanol–water partition coefficient (Wildman–Crippen LogP) is 1.93. The molecule has 0 amide bonds. The number of nitrogens with two attached hydrogens (primary N) is 1. The van der Waals surface area contributed by atoms with Crippen LogP contribution in [0, 0.1) is 0 Å². The molecule has 0 atom stereocenters. The monoisotopic (exact) mass is 419 g/mol. The normalized spacial score (nSPS) is 15.9. The summed E-state index contributed by atoms with van der Waals surface area (Å²) in [6.45, 7) is 9.09. The molecule has 2 aromatic carbocycles. The molecule has 1 fully saturated rings. The number of ether oxygens (including phenoxy) is 2. The van der Waals surface area contributed by atoms with Gasteiger partial charge in [0.2, 0.25) is 10.0 Å². The lowest BCUT2D eigenvalue weighted by Gasteiger charge is -2.34. The fourth-order valence-corrected chi connectivity index (χ4v) is 3.82. The maximum atomic E-state index is 11.3. The lowest BCUT2D eigenvalue weighted by Crippen LogP contribution is -2.47. The van der Waals surface area contributed by atoms with Crippen LogP contribution in [0.1, 0.15) is 12.5 Å². The molecule has 2 N–H and O–H groups in total. The van der Waals surface area contributed by atoms with Gasteiger partial charge in [-0.3, -0.25) is 9.80 Å². The van der Waals surface area contributed by atoms with Gasteiger partial charge < -0.3 is 9.47 Å². The minimum atomic E-state index is -3.66. The topological polar surface area (TPSA) is 85.1 Å². The van der Waals surface area contributed by atoms with Crippen molar-refractivity contribution >= 4 is 10.0 Å². The molecule has 0 aliphatic carbocycles. The van der Waals surface area contributed by atoms with Crippen molar-refractivity contribution in [1.82, 2.24) is 9.80 Å². The van der Waals surface area contributed by atoms with Crippen molar-refractivity contribution in [1.29, 1.82) is 0 Å². The Bertz CT molecular complexity index is 862. The molecule has 1 saturated heterocycles. The van der Waals surface area contributed by atoms with Crippen LogP contribution in [0.15, 0.2) is 53.4 Å². The average Bonchev–Trinajstić information content (AvgIpc) is 2.71. The van der Waals surface area contributed by atoms with Crippen molar-refractivity contribution in [2.75, 3.05) is 45.9 Å². The van der Waals surface area contributed by atoms with Crippen LogP contribution in [0.5, 0.6) is 11.5 Å². The summed E-state index contributed by atoms with van der Waals surface area (Å²) >= 11 is 0. The number of primary sulfonamides is 1. The first kappa shape index (κ1) is 21.6. The number of nitrogens with zero attached hydrogens (tertiary/aromatic N) is 2. The minimum Gasteiger partial charge on any atom is -0.494 e. The molecule has 29 heavy (non-hydrogen) atoms. The van der Waals surface area contributed by atoms with Crippen molar-refractivity contribution in [3.63, 3.8) is 0 Å². The molecule has 2 aromatic rings. The van der Waals surface area contributed by atoms with E-state index in [9.17, 15) is 8.42 Å². The Morgan fingerprint density at radius 2 is 1.41 bits per heavy atom. The Morgan fingerprint density at radius 1 is 0.862 bits per heavy atom. The Hall–Kier alpha value is -2.13. The maximum absolute atomic E-state index is 11.3. The summed E-state index contributed by atoms with van der Waals surface area (Å²) in [7, 11) is -3.66. The van der Waals surface area contributed by atoms with E-state index < -0.39 is 10.0 Å². The Labute approximate surface area is 173 Å². The largest absolute Gasteiger partial charge is 0.494 e. The van der Waals surface area contributed by atoms with Crippen molar-refractivity contribution in [3.8, 4) is 11.5 Å². The Balaban J connectivity index is 1.36. The van der Waals surface area contributed by atoms with Crippen LogP contribution < -0.4 is 14.6 Å². The number of rotatable bonds is 9. The number of sulfonamides is 1. The first-order chi connectivity index (χ1) is 13.9. The molecule has 0 unspecified atom stereocenters. The van der Waals surface area contributed by atoms with Gasteiger partial charge in [0.25, 0.3) is 0 Å². The minimum absolute atomic E-state index is 0.0912. The third kappa shape index (κ3) is 6.71. The summed E-state index contributed by atoms with van der Waals surface area (Å²) in [4.78, 5) is 4.93. The lowest BCUT2D eigenvalue weighted by atomic mass is 10.2. The molecule has 0 aromatic heterocycles. The van der Waals surface area contributed by atoms with Crippen molar-refractivity contribution < 1.29 is 17.9 Å². The molecule has 0 spiro atoms. The molecule has 1 heterocycles. The van der Waals surface area contributed by atoms with Crippen LogP contribution in [0.2, 0.25) is 0 Å². The standard InChI is InChI=1S/C21H29N3O4S/c1-2-27-19-5-3-18(4-6-19)17-24-13-11-23(12-14-24)15-16-28-20-7-9-21(10-8-20)29(22,25)26/h3-10H,2,11-17H2,1H3,(H2,22,25,26). The first-order valence-corrected chi connectivity index (χ1v) is 11.4. The van der Waals surface area contributed by atoms with Gasteiger partial charge in [-0.1, -0.05) is 12.1 Å². The molecule has 0 bridgehead atoms. The van der Waals surface area contributed by atoms with E-state index in [2.05, 4.69) is 21.9 Å². The molecule has 1 aliphatic rings. The van der Waals surface area contributed by atoms with Gasteiger partial charge in [-0.25, -0.2) is 13.6 Å². The number of piperazine rings is 1. The van der Waals surface area contributed by atoms with E-state index in [1.807, 2.05) is 19.1 Å². The van der Waals surface area contributed by atoms with Crippen molar-refractivity contribution in [2.45, 2.75) is 18.4 Å². The highest BCUT2D eigenvalue weighted by Gasteiger charge is 2.17. The summed E-state index contributed by atoms with van der Waals surface area (Å²) in [6, 6.07) is 14.5. The third-order valence-electron chi connectivity index (χ3n) is 4.93. The van der Waals surface area contributed by atoms with Gasteiger partial charge in [-0.15, -0.1) is 0 Å². The van der Waals surface area contributed by atoms with E-state index in [0.29, 0.717) is 19.0 Å². The summed E-state index contributed by atoms with van der Waals surface area (Å²) in [6.07, 6.45) is 0. The van der Waals surface area contributed by atoms with E-state index >= 15 is 0 Å². The highest BCUT2D eigenvalue weighted by molar-refractivity contribution is 7.89. The first-order valence-electron chi connectivity index (χ1n) is 9.86. The summed E-state index contributed by atoms with van der Waals surface area (Å²) in [5.41, 5.74) is 1.30. The van der Waals surface area contributed by atoms with Gasteiger partial charge in [0.15, 0.2) is 0 Å². The number of benzene rings is 2. The van der Waals surface area contributed by atoms with Crippen LogP contribution >= 0.6 is 0 Å². The second-order valence-corrected chi connectivity index (χ2v) is 8.62. The molecule has 0 radical (unpaired) electrons. The second kappa shape index (κ2) is 10.1. The quantitative estimate of drug-likeness (QED) is 0.669. The van der Waals surface area contributed by atoms with E-state index in [0.717, 1.165) is 45.0 Å². The van der Waals surface area contributed by atoms with Crippen LogP contribution in [-0.4, -0.2) is 64.2 Å². The summed E-state index contributed by atoms with van der Waals surface area (Å²) < 4.78 is 33.8. The van der Waals surface area contributed by atoms with Crippen molar-refractivity contribution in [3.05, 3.63) is 54.1 Å². The van der Waals surface area contributed by atoms with Gasteiger partial charge in [0.05, 0.1) is 11.5 Å². The predicted molar refractivity (Wildman–Crippen MR) is 113 cm³/mol. The molecular weight excluding hydrogens is 390 g/mol. The molecular formula is C21H29N3O4S. The van der Waals surface area contributed by atoms with Gasteiger partial charge >= 0.3 is 0 Å². The number of hydrogen-bond acceptors (Lipinski definition) is 6. The van der Waals surface area contributed by atoms with Gasteiger partial charge in [0.1, 0.15) is 18.1 Å². The van der Waals surface area contributed by atoms with Gasteiger partial charge in [-0.05, 0) is 48.9 Å². The summed E-state index contributed by atoms with van der Waals surface area (Å²) in [5.74, 6) is 1.56. The zero-order chi connectivity index (χ0) is 20.7. The van der Waals surface area contributed by atoms with Gasteiger partial charge in [0, 0.05) is 39.3 Å². The van der Waals surface area contributed by atoms with E-state index in [4.69, 9.17) is 14.6 Å². The maximum Gasteiger partial charge on any atom is 0.238 e. The fraction of sp³-hybridized carbons (Fsp3) is 0.429. The SMILES string of the molecule is CCOc1ccc(CN2CCN(CCOc3ccc(S(N)(=O)=O)cc3)CC2)cc1. The zero-order valence-electron chi connectivity index (χ0n) is 16.8. The lowest BCUT2D eigenvalue weighted by molar-refractivity contribution is 0.112. The second-order valence-electron chi connectivity index (χ2n) is 7.06. The van der Waals surface area contributed by atoms with Crippen molar-refractivity contribution in [2.24, 2.45) is 5.14 Å². The molecule has 158 valence electrons. The van der Waals surface area contributed by atoms with Crippen LogP contribution in [-0.2, 0) is 16.6 Å². The molecule has 7 nitrogen and oxygen atoms in total. The molecule has 1 aliphatic heterocycles. The molecule has 3 rings (SSSR count). The van der Waals surface area contributed by atoms with Crippen LogP contribution in [0.3, 0.4) is 0 Å². The van der Waals surface area contributed by atoms with Gasteiger partial charge in [-0.2, -0.15) is 0 Å². The van der Waals surface area contributed by atoms with E-state index in [-0.39, 0.29) is 4.90 Å². The molecule has 0 saturated carbocycles.